The van der Waals surface area contributed by atoms with Gasteiger partial charge in [-0.25, -0.2) is 22.9 Å². The second-order valence-corrected chi connectivity index (χ2v) is 10.2. The van der Waals surface area contributed by atoms with E-state index in [1.54, 1.807) is 38.2 Å². The van der Waals surface area contributed by atoms with Gasteiger partial charge in [-0.3, -0.25) is 4.79 Å². The Balaban J connectivity index is 1.72. The highest BCUT2D eigenvalue weighted by Gasteiger charge is 2.24. The number of rotatable bonds is 6. The van der Waals surface area contributed by atoms with Crippen molar-refractivity contribution in [3.05, 3.63) is 54.0 Å². The molecule has 0 fully saturated rings. The van der Waals surface area contributed by atoms with E-state index in [4.69, 9.17) is 5.14 Å². The SMILES string of the molecule is Cc1ccc(Nc2ncc(F)c(N(CC#N)c3ccc4c(c3)N(C)C(=O)CS4)n2)cc1S(N)(=O)=O. The maximum Gasteiger partial charge on any atom is 0.238 e. The van der Waals surface area contributed by atoms with E-state index in [0.717, 1.165) is 11.1 Å². The molecule has 2 aromatic carbocycles. The van der Waals surface area contributed by atoms with Gasteiger partial charge < -0.3 is 15.1 Å². The molecule has 0 unspecified atom stereocenters. The van der Waals surface area contributed by atoms with Crippen LogP contribution in [0.5, 0.6) is 0 Å². The average molecular weight is 514 g/mol. The quantitative estimate of drug-likeness (QED) is 0.475. The molecule has 2 heterocycles. The van der Waals surface area contributed by atoms with Crippen LogP contribution in [0.4, 0.5) is 33.2 Å². The standard InChI is InChI=1S/C22H20FN7O3S2/c1-13-3-4-14(9-19(13)35(25,32)33)27-22-26-11-16(23)21(28-22)30(8-7-24)15-5-6-18-17(10-15)29(2)20(31)12-34-18/h3-6,9-11H,8,12H2,1-2H3,(H2,25,32,33)(H,26,27,28). The van der Waals surface area contributed by atoms with Crippen LogP contribution < -0.4 is 20.3 Å². The topological polar surface area (TPSA) is 145 Å². The van der Waals surface area contributed by atoms with Crippen molar-refractivity contribution in [2.45, 2.75) is 16.7 Å². The van der Waals surface area contributed by atoms with E-state index >= 15 is 0 Å². The number of anilines is 5. The monoisotopic (exact) mass is 513 g/mol. The fourth-order valence-electron chi connectivity index (χ4n) is 3.51. The number of hydrogen-bond donors (Lipinski definition) is 2. The summed E-state index contributed by atoms with van der Waals surface area (Å²) < 4.78 is 38.5. The molecule has 0 radical (unpaired) electrons. The molecule has 0 spiro atoms. The summed E-state index contributed by atoms with van der Waals surface area (Å²) in [5.41, 5.74) is 1.90. The van der Waals surface area contributed by atoms with Crippen LogP contribution in [0.1, 0.15) is 5.56 Å². The van der Waals surface area contributed by atoms with Crippen LogP contribution in [0.15, 0.2) is 52.4 Å². The molecule has 4 rings (SSSR count). The van der Waals surface area contributed by atoms with Gasteiger partial charge in [0.15, 0.2) is 11.6 Å². The number of benzene rings is 2. The summed E-state index contributed by atoms with van der Waals surface area (Å²) in [6.45, 7) is 1.38. The number of hydrogen-bond acceptors (Lipinski definition) is 9. The first-order chi connectivity index (χ1) is 16.6. The van der Waals surface area contributed by atoms with E-state index in [9.17, 15) is 22.9 Å². The molecular formula is C22H20FN7O3S2. The van der Waals surface area contributed by atoms with Gasteiger partial charge in [0.1, 0.15) is 6.54 Å². The zero-order valence-corrected chi connectivity index (χ0v) is 20.3. The van der Waals surface area contributed by atoms with E-state index in [1.807, 2.05) is 12.1 Å². The molecule has 0 aliphatic carbocycles. The van der Waals surface area contributed by atoms with Gasteiger partial charge in [-0.1, -0.05) is 6.07 Å². The van der Waals surface area contributed by atoms with Crippen molar-refractivity contribution >= 4 is 56.5 Å². The van der Waals surface area contributed by atoms with Crippen LogP contribution in [0.2, 0.25) is 0 Å². The Hall–Kier alpha value is -3.73. The highest BCUT2D eigenvalue weighted by Crippen LogP contribution is 2.39. The van der Waals surface area contributed by atoms with Crippen molar-refractivity contribution in [1.29, 1.82) is 5.26 Å². The van der Waals surface area contributed by atoms with Crippen molar-refractivity contribution in [3.63, 3.8) is 0 Å². The van der Waals surface area contributed by atoms with Crippen molar-refractivity contribution in [2.75, 3.05) is 34.5 Å². The number of aryl methyl sites for hydroxylation is 1. The van der Waals surface area contributed by atoms with Crippen molar-refractivity contribution in [2.24, 2.45) is 5.14 Å². The number of thioether (sulfide) groups is 1. The maximum absolute atomic E-state index is 14.9. The van der Waals surface area contributed by atoms with E-state index in [-0.39, 0.29) is 29.1 Å². The molecule has 1 aliphatic heterocycles. The Kier molecular flexibility index (Phi) is 6.62. The van der Waals surface area contributed by atoms with Crippen LogP contribution in [-0.2, 0) is 14.8 Å². The Labute approximate surface area is 205 Å². The molecule has 3 aromatic rings. The van der Waals surface area contributed by atoms with Gasteiger partial charge in [0.05, 0.1) is 28.6 Å². The van der Waals surface area contributed by atoms with Crippen LogP contribution in [0, 0.1) is 24.1 Å². The lowest BCUT2D eigenvalue weighted by Crippen LogP contribution is -2.31. The Bertz CT molecular complexity index is 1470. The number of sulfonamides is 1. The van der Waals surface area contributed by atoms with Gasteiger partial charge in [-0.2, -0.15) is 10.2 Å². The number of fused-ring (bicyclic) bond motifs is 1. The Morgan fingerprint density at radius 2 is 2.09 bits per heavy atom. The molecule has 180 valence electrons. The molecule has 1 amide bonds. The maximum atomic E-state index is 14.9. The third-order valence-corrected chi connectivity index (χ3v) is 7.40. The molecule has 1 aromatic heterocycles. The van der Waals surface area contributed by atoms with Crippen molar-refractivity contribution in [3.8, 4) is 6.07 Å². The van der Waals surface area contributed by atoms with Crippen LogP contribution in [0.25, 0.3) is 0 Å². The number of nitrogens with zero attached hydrogens (tertiary/aromatic N) is 5. The molecular weight excluding hydrogens is 493 g/mol. The number of primary sulfonamides is 1. The fraction of sp³-hybridized carbons (Fsp3) is 0.182. The number of nitrogens with two attached hydrogens (primary N) is 1. The number of nitrogens with one attached hydrogen (secondary N) is 1. The van der Waals surface area contributed by atoms with Gasteiger partial charge in [0, 0.05) is 23.3 Å². The normalized spacial score (nSPS) is 13.2. The van der Waals surface area contributed by atoms with Crippen LogP contribution >= 0.6 is 11.8 Å². The second kappa shape index (κ2) is 9.49. The molecule has 0 atom stereocenters. The first-order valence-corrected chi connectivity index (χ1v) is 12.7. The van der Waals surface area contributed by atoms with E-state index in [2.05, 4.69) is 15.3 Å². The number of halogens is 1. The lowest BCUT2D eigenvalue weighted by atomic mass is 10.2. The van der Waals surface area contributed by atoms with E-state index < -0.39 is 15.8 Å². The molecule has 1 aliphatic rings. The van der Waals surface area contributed by atoms with Gasteiger partial charge in [0.25, 0.3) is 0 Å². The summed E-state index contributed by atoms with van der Waals surface area (Å²) >= 11 is 1.40. The molecule has 10 nitrogen and oxygen atoms in total. The third kappa shape index (κ3) is 5.04. The highest BCUT2D eigenvalue weighted by molar-refractivity contribution is 8.00. The number of aromatic nitrogens is 2. The van der Waals surface area contributed by atoms with Crippen molar-refractivity contribution in [1.82, 2.24) is 9.97 Å². The smallest absolute Gasteiger partial charge is 0.238 e. The van der Waals surface area contributed by atoms with Crippen LogP contribution in [0.3, 0.4) is 0 Å². The first kappa shape index (κ1) is 24.4. The summed E-state index contributed by atoms with van der Waals surface area (Å²) in [7, 11) is -2.29. The van der Waals surface area contributed by atoms with Gasteiger partial charge in [-0.15, -0.1) is 11.8 Å². The van der Waals surface area contributed by atoms with E-state index in [1.165, 1.54) is 27.6 Å². The lowest BCUT2D eigenvalue weighted by molar-refractivity contribution is -0.116. The van der Waals surface area contributed by atoms with Crippen molar-refractivity contribution < 1.29 is 17.6 Å². The van der Waals surface area contributed by atoms with Gasteiger partial charge >= 0.3 is 0 Å². The molecule has 0 bridgehead atoms. The highest BCUT2D eigenvalue weighted by atomic mass is 32.2. The summed E-state index contributed by atoms with van der Waals surface area (Å²) in [6, 6.07) is 11.7. The molecule has 35 heavy (non-hydrogen) atoms. The largest absolute Gasteiger partial charge is 0.324 e. The summed E-state index contributed by atoms with van der Waals surface area (Å²) in [5, 5.41) is 17.5. The molecule has 13 heteroatoms. The summed E-state index contributed by atoms with van der Waals surface area (Å²) in [4.78, 5) is 24.0. The fourth-order valence-corrected chi connectivity index (χ4v) is 5.30. The second-order valence-electron chi connectivity index (χ2n) is 7.65. The lowest BCUT2D eigenvalue weighted by Gasteiger charge is -2.28. The number of amides is 1. The minimum atomic E-state index is -3.95. The third-order valence-electron chi connectivity index (χ3n) is 5.30. The molecule has 0 saturated carbocycles. The zero-order chi connectivity index (χ0) is 25.3. The minimum Gasteiger partial charge on any atom is -0.324 e. The van der Waals surface area contributed by atoms with Gasteiger partial charge in [-0.05, 0) is 42.8 Å². The number of carbonyl (C=O) groups is 1. The first-order valence-electron chi connectivity index (χ1n) is 10.2. The molecule has 3 N–H and O–H groups in total. The summed E-state index contributed by atoms with van der Waals surface area (Å²) in [6.07, 6.45) is 0.952. The predicted octanol–water partition coefficient (Wildman–Crippen LogP) is 3.05. The zero-order valence-electron chi connectivity index (χ0n) is 18.7. The van der Waals surface area contributed by atoms with Gasteiger partial charge in [0.2, 0.25) is 21.9 Å². The molecule has 0 saturated heterocycles. The van der Waals surface area contributed by atoms with E-state index in [0.29, 0.717) is 28.4 Å². The average Bonchev–Trinajstić information content (AvgIpc) is 2.82. The van der Waals surface area contributed by atoms with Crippen LogP contribution in [-0.4, -0.2) is 43.6 Å². The Morgan fingerprint density at radius 3 is 2.80 bits per heavy atom. The Morgan fingerprint density at radius 1 is 1.31 bits per heavy atom. The minimum absolute atomic E-state index is 0.0191. The number of nitriles is 1. The predicted molar refractivity (Wildman–Crippen MR) is 131 cm³/mol. The number of carbonyl (C=O) groups excluding carboxylic acids is 1. The summed E-state index contributed by atoms with van der Waals surface area (Å²) in [5.74, 6) is -0.693.